The van der Waals surface area contributed by atoms with Gasteiger partial charge < -0.3 is 5.73 Å². The van der Waals surface area contributed by atoms with Gasteiger partial charge in [-0.25, -0.2) is 0 Å². The standard InChI is InChI=1S/C19H26N2/c1-3-11-21(14-17-7-5-4-6-8-17)15-19-10-9-18(13-20)12-16(19)2/h4-10,12H,3,11,13-15,20H2,1-2H3. The van der Waals surface area contributed by atoms with Gasteiger partial charge in [-0.2, -0.15) is 0 Å². The largest absolute Gasteiger partial charge is 0.326 e. The average molecular weight is 282 g/mol. The average Bonchev–Trinajstić information content (AvgIpc) is 2.50. The predicted molar refractivity (Wildman–Crippen MR) is 89.9 cm³/mol. The molecule has 21 heavy (non-hydrogen) atoms. The molecule has 0 saturated carbocycles. The summed E-state index contributed by atoms with van der Waals surface area (Å²) in [5, 5.41) is 0. The molecule has 0 saturated heterocycles. The van der Waals surface area contributed by atoms with Crippen LogP contribution >= 0.6 is 0 Å². The first-order valence-corrected chi connectivity index (χ1v) is 7.77. The summed E-state index contributed by atoms with van der Waals surface area (Å²) in [6.45, 7) is 8.16. The number of nitrogens with two attached hydrogens (primary N) is 1. The first kappa shape index (κ1) is 15.7. The molecule has 0 aliphatic heterocycles. The third-order valence-electron chi connectivity index (χ3n) is 3.83. The number of rotatable bonds is 7. The second-order valence-corrected chi connectivity index (χ2v) is 5.66. The fraction of sp³-hybridized carbons (Fsp3) is 0.368. The molecule has 0 amide bonds. The normalized spacial score (nSPS) is 11.0. The van der Waals surface area contributed by atoms with Crippen molar-refractivity contribution >= 4 is 0 Å². The molecule has 2 aromatic carbocycles. The molecule has 112 valence electrons. The van der Waals surface area contributed by atoms with E-state index in [4.69, 9.17) is 5.73 Å². The van der Waals surface area contributed by atoms with Gasteiger partial charge >= 0.3 is 0 Å². The molecule has 0 heterocycles. The van der Waals surface area contributed by atoms with Crippen LogP contribution in [0.15, 0.2) is 48.5 Å². The summed E-state index contributed by atoms with van der Waals surface area (Å²) in [6, 6.07) is 17.3. The van der Waals surface area contributed by atoms with Crippen LogP contribution in [0.25, 0.3) is 0 Å². The maximum atomic E-state index is 5.71. The van der Waals surface area contributed by atoms with E-state index in [1.54, 1.807) is 0 Å². The molecule has 0 atom stereocenters. The Morgan fingerprint density at radius 3 is 2.33 bits per heavy atom. The predicted octanol–water partition coefficient (Wildman–Crippen LogP) is 3.87. The van der Waals surface area contributed by atoms with Crippen LogP contribution in [-0.4, -0.2) is 11.4 Å². The van der Waals surface area contributed by atoms with Crippen molar-refractivity contribution in [3.05, 3.63) is 70.8 Å². The van der Waals surface area contributed by atoms with E-state index in [1.807, 2.05) is 0 Å². The van der Waals surface area contributed by atoms with Crippen LogP contribution in [0.3, 0.4) is 0 Å². The Balaban J connectivity index is 2.09. The van der Waals surface area contributed by atoms with Crippen molar-refractivity contribution < 1.29 is 0 Å². The first-order chi connectivity index (χ1) is 10.2. The van der Waals surface area contributed by atoms with Crippen LogP contribution in [0.4, 0.5) is 0 Å². The van der Waals surface area contributed by atoms with Gasteiger partial charge in [0.15, 0.2) is 0 Å². The highest BCUT2D eigenvalue weighted by molar-refractivity contribution is 5.31. The van der Waals surface area contributed by atoms with Gasteiger partial charge in [-0.3, -0.25) is 4.90 Å². The molecular weight excluding hydrogens is 256 g/mol. The summed E-state index contributed by atoms with van der Waals surface area (Å²) in [7, 11) is 0. The van der Waals surface area contributed by atoms with E-state index < -0.39 is 0 Å². The molecule has 2 heteroatoms. The van der Waals surface area contributed by atoms with Crippen LogP contribution in [0.2, 0.25) is 0 Å². The monoisotopic (exact) mass is 282 g/mol. The highest BCUT2D eigenvalue weighted by atomic mass is 15.1. The minimum absolute atomic E-state index is 0.615. The fourth-order valence-electron chi connectivity index (χ4n) is 2.68. The van der Waals surface area contributed by atoms with Gasteiger partial charge in [0.05, 0.1) is 0 Å². The molecule has 0 unspecified atom stereocenters. The second-order valence-electron chi connectivity index (χ2n) is 5.66. The Morgan fingerprint density at radius 2 is 1.71 bits per heavy atom. The zero-order valence-electron chi connectivity index (χ0n) is 13.2. The number of hydrogen-bond donors (Lipinski definition) is 1. The molecule has 2 rings (SSSR count). The number of nitrogens with zero attached hydrogens (tertiary/aromatic N) is 1. The molecule has 0 radical (unpaired) electrons. The first-order valence-electron chi connectivity index (χ1n) is 7.77. The van der Waals surface area contributed by atoms with Crippen molar-refractivity contribution in [3.8, 4) is 0 Å². The van der Waals surface area contributed by atoms with Crippen molar-refractivity contribution in [1.82, 2.24) is 4.90 Å². The topological polar surface area (TPSA) is 29.3 Å². The molecule has 2 aromatic rings. The van der Waals surface area contributed by atoms with Gasteiger partial charge in [-0.1, -0.05) is 55.5 Å². The Labute approximate surface area is 128 Å². The molecule has 0 bridgehead atoms. The van der Waals surface area contributed by atoms with Gasteiger partial charge in [0, 0.05) is 19.6 Å². The van der Waals surface area contributed by atoms with Gasteiger partial charge in [0.1, 0.15) is 0 Å². The number of benzene rings is 2. The van der Waals surface area contributed by atoms with Crippen LogP contribution in [0.1, 0.15) is 35.6 Å². The van der Waals surface area contributed by atoms with Crippen molar-refractivity contribution in [2.24, 2.45) is 5.73 Å². The molecular formula is C19H26N2. The van der Waals surface area contributed by atoms with Gasteiger partial charge in [0.2, 0.25) is 0 Å². The zero-order chi connectivity index (χ0) is 15.1. The van der Waals surface area contributed by atoms with E-state index in [0.29, 0.717) is 6.54 Å². The van der Waals surface area contributed by atoms with E-state index in [1.165, 1.54) is 28.7 Å². The Kier molecular flexibility index (Phi) is 5.97. The second kappa shape index (κ2) is 7.96. The van der Waals surface area contributed by atoms with E-state index >= 15 is 0 Å². The highest BCUT2D eigenvalue weighted by Crippen LogP contribution is 2.15. The van der Waals surface area contributed by atoms with Gasteiger partial charge in [-0.15, -0.1) is 0 Å². The molecule has 2 nitrogen and oxygen atoms in total. The number of aryl methyl sites for hydroxylation is 1. The Morgan fingerprint density at radius 1 is 0.952 bits per heavy atom. The lowest BCUT2D eigenvalue weighted by atomic mass is 10.0. The van der Waals surface area contributed by atoms with Gasteiger partial charge in [0.25, 0.3) is 0 Å². The summed E-state index contributed by atoms with van der Waals surface area (Å²) in [6.07, 6.45) is 1.17. The smallest absolute Gasteiger partial charge is 0.0239 e. The third-order valence-corrected chi connectivity index (χ3v) is 3.83. The quantitative estimate of drug-likeness (QED) is 0.835. The molecule has 2 N–H and O–H groups in total. The molecule has 0 spiro atoms. The van der Waals surface area contributed by atoms with Gasteiger partial charge in [-0.05, 0) is 42.1 Å². The van der Waals surface area contributed by atoms with Crippen molar-refractivity contribution in [2.75, 3.05) is 6.54 Å². The van der Waals surface area contributed by atoms with Crippen molar-refractivity contribution in [1.29, 1.82) is 0 Å². The lowest BCUT2D eigenvalue weighted by molar-refractivity contribution is 0.257. The van der Waals surface area contributed by atoms with Crippen molar-refractivity contribution in [2.45, 2.75) is 39.9 Å². The minimum Gasteiger partial charge on any atom is -0.326 e. The zero-order valence-corrected chi connectivity index (χ0v) is 13.2. The van der Waals surface area contributed by atoms with Crippen LogP contribution in [-0.2, 0) is 19.6 Å². The fourth-order valence-corrected chi connectivity index (χ4v) is 2.68. The van der Waals surface area contributed by atoms with E-state index in [2.05, 4.69) is 67.3 Å². The lowest BCUT2D eigenvalue weighted by Gasteiger charge is -2.23. The Hall–Kier alpha value is -1.64. The third kappa shape index (κ3) is 4.69. The summed E-state index contributed by atoms with van der Waals surface area (Å²) in [4.78, 5) is 2.51. The van der Waals surface area contributed by atoms with Crippen LogP contribution < -0.4 is 5.73 Å². The molecule has 0 aliphatic carbocycles. The highest BCUT2D eigenvalue weighted by Gasteiger charge is 2.08. The van der Waals surface area contributed by atoms with Crippen LogP contribution in [0, 0.1) is 6.92 Å². The maximum Gasteiger partial charge on any atom is 0.0239 e. The summed E-state index contributed by atoms with van der Waals surface area (Å²) >= 11 is 0. The van der Waals surface area contributed by atoms with Crippen molar-refractivity contribution in [3.63, 3.8) is 0 Å². The maximum absolute atomic E-state index is 5.71. The summed E-state index contributed by atoms with van der Waals surface area (Å²) < 4.78 is 0. The van der Waals surface area contributed by atoms with E-state index in [0.717, 1.165) is 19.6 Å². The molecule has 0 fully saturated rings. The van der Waals surface area contributed by atoms with E-state index in [-0.39, 0.29) is 0 Å². The minimum atomic E-state index is 0.615. The molecule has 0 aliphatic rings. The summed E-state index contributed by atoms with van der Waals surface area (Å²) in [5.74, 6) is 0. The van der Waals surface area contributed by atoms with E-state index in [9.17, 15) is 0 Å². The summed E-state index contributed by atoms with van der Waals surface area (Å²) in [5.41, 5.74) is 11.0. The molecule has 0 aromatic heterocycles. The SMILES string of the molecule is CCCN(Cc1ccccc1)Cc1ccc(CN)cc1C. The number of hydrogen-bond acceptors (Lipinski definition) is 2. The van der Waals surface area contributed by atoms with Crippen LogP contribution in [0.5, 0.6) is 0 Å². The Bertz CT molecular complexity index is 549. The lowest BCUT2D eigenvalue weighted by Crippen LogP contribution is -2.24.